The van der Waals surface area contributed by atoms with Gasteiger partial charge in [-0.3, -0.25) is 0 Å². The molecule has 0 saturated heterocycles. The summed E-state index contributed by atoms with van der Waals surface area (Å²) < 4.78 is 11.1. The van der Waals surface area contributed by atoms with E-state index in [1.54, 1.807) is 0 Å². The Labute approximate surface area is 135 Å². The van der Waals surface area contributed by atoms with Crippen molar-refractivity contribution < 1.29 is 9.47 Å². The van der Waals surface area contributed by atoms with E-state index in [0.717, 1.165) is 29.3 Å². The molecule has 2 aromatic carbocycles. The summed E-state index contributed by atoms with van der Waals surface area (Å²) in [5.74, 6) is 1.51. The highest BCUT2D eigenvalue weighted by Crippen LogP contribution is 2.32. The van der Waals surface area contributed by atoms with E-state index in [0.29, 0.717) is 18.3 Å². The Morgan fingerprint density at radius 3 is 2.32 bits per heavy atom. The van der Waals surface area contributed by atoms with Gasteiger partial charge in [0.25, 0.3) is 0 Å². The van der Waals surface area contributed by atoms with Crippen LogP contribution in [0.5, 0.6) is 11.5 Å². The molecule has 0 fully saturated rings. The number of nitrogens with one attached hydrogen (secondary N) is 2. The Morgan fingerprint density at radius 2 is 1.59 bits per heavy atom. The highest BCUT2D eigenvalue weighted by molar-refractivity contribution is 7.80. The standard InChI is InChI=1S/C17H18N2O2S/c1-2-12-3-5-13(6-4-12)18-17(22)19-14-7-8-15-16(11-14)21-10-9-20-15/h3-8,11H,2,9-10H2,1H3,(H2,18,19,22). The van der Waals surface area contributed by atoms with E-state index in [9.17, 15) is 0 Å². The Balaban J connectivity index is 1.63. The number of hydrogen-bond donors (Lipinski definition) is 2. The maximum atomic E-state index is 5.56. The lowest BCUT2D eigenvalue weighted by atomic mass is 10.1. The van der Waals surface area contributed by atoms with Crippen LogP contribution < -0.4 is 20.1 Å². The van der Waals surface area contributed by atoms with Crippen LogP contribution in [0.15, 0.2) is 42.5 Å². The van der Waals surface area contributed by atoms with Crippen LogP contribution in [0, 0.1) is 0 Å². The fraction of sp³-hybridized carbons (Fsp3) is 0.235. The van der Waals surface area contributed by atoms with Gasteiger partial charge in [0.2, 0.25) is 0 Å². The van der Waals surface area contributed by atoms with Gasteiger partial charge in [0, 0.05) is 17.4 Å². The summed E-state index contributed by atoms with van der Waals surface area (Å²) in [5.41, 5.74) is 3.13. The average Bonchev–Trinajstić information content (AvgIpc) is 2.55. The molecule has 5 heteroatoms. The van der Waals surface area contributed by atoms with Crippen molar-refractivity contribution in [3.8, 4) is 11.5 Å². The molecule has 0 unspecified atom stereocenters. The number of hydrogen-bond acceptors (Lipinski definition) is 3. The van der Waals surface area contributed by atoms with Gasteiger partial charge in [0.1, 0.15) is 13.2 Å². The first-order valence-corrected chi connectivity index (χ1v) is 7.72. The molecule has 3 rings (SSSR count). The first-order valence-electron chi connectivity index (χ1n) is 7.31. The summed E-state index contributed by atoms with van der Waals surface area (Å²) >= 11 is 5.34. The Hall–Kier alpha value is -2.27. The highest BCUT2D eigenvalue weighted by atomic mass is 32.1. The molecule has 2 aromatic rings. The van der Waals surface area contributed by atoms with Crippen molar-refractivity contribution in [2.24, 2.45) is 0 Å². The monoisotopic (exact) mass is 314 g/mol. The molecule has 1 aliphatic rings. The molecule has 0 atom stereocenters. The third kappa shape index (κ3) is 3.49. The number of ether oxygens (including phenoxy) is 2. The topological polar surface area (TPSA) is 42.5 Å². The quantitative estimate of drug-likeness (QED) is 0.843. The third-order valence-corrected chi connectivity index (χ3v) is 3.62. The van der Waals surface area contributed by atoms with E-state index >= 15 is 0 Å². The minimum atomic E-state index is 0.543. The molecule has 0 radical (unpaired) electrons. The molecule has 0 aliphatic carbocycles. The van der Waals surface area contributed by atoms with Crippen LogP contribution in [0.3, 0.4) is 0 Å². The first-order chi connectivity index (χ1) is 10.7. The van der Waals surface area contributed by atoms with Gasteiger partial charge >= 0.3 is 0 Å². The van der Waals surface area contributed by atoms with Crippen molar-refractivity contribution in [3.63, 3.8) is 0 Å². The molecule has 22 heavy (non-hydrogen) atoms. The average molecular weight is 314 g/mol. The summed E-state index contributed by atoms with van der Waals surface area (Å²) in [6.07, 6.45) is 1.03. The minimum absolute atomic E-state index is 0.543. The SMILES string of the molecule is CCc1ccc(NC(=S)Nc2ccc3c(c2)OCCO3)cc1. The smallest absolute Gasteiger partial charge is 0.175 e. The van der Waals surface area contributed by atoms with Crippen LogP contribution in [0.2, 0.25) is 0 Å². The lowest BCUT2D eigenvalue weighted by Gasteiger charge is -2.19. The second-order valence-corrected chi connectivity index (χ2v) is 5.40. The zero-order valence-electron chi connectivity index (χ0n) is 12.4. The molecule has 0 bridgehead atoms. The van der Waals surface area contributed by atoms with Gasteiger partial charge in [0.15, 0.2) is 16.6 Å². The van der Waals surface area contributed by atoms with E-state index in [1.807, 2.05) is 30.3 Å². The van der Waals surface area contributed by atoms with Crippen LogP contribution in [0.1, 0.15) is 12.5 Å². The van der Waals surface area contributed by atoms with Gasteiger partial charge in [0.05, 0.1) is 0 Å². The number of fused-ring (bicyclic) bond motifs is 1. The zero-order valence-corrected chi connectivity index (χ0v) is 13.2. The fourth-order valence-corrected chi connectivity index (χ4v) is 2.47. The normalized spacial score (nSPS) is 12.6. The van der Waals surface area contributed by atoms with E-state index in [1.165, 1.54) is 5.56 Å². The maximum Gasteiger partial charge on any atom is 0.175 e. The predicted octanol–water partition coefficient (Wildman–Crippen LogP) is 3.83. The Morgan fingerprint density at radius 1 is 0.955 bits per heavy atom. The fourth-order valence-electron chi connectivity index (χ4n) is 2.24. The summed E-state index contributed by atoms with van der Waals surface area (Å²) in [5, 5.41) is 6.87. The molecule has 2 N–H and O–H groups in total. The summed E-state index contributed by atoms with van der Waals surface area (Å²) in [4.78, 5) is 0. The van der Waals surface area contributed by atoms with Crippen LogP contribution in [0.25, 0.3) is 0 Å². The number of thiocarbonyl (C=S) groups is 1. The van der Waals surface area contributed by atoms with Gasteiger partial charge in [-0.15, -0.1) is 0 Å². The van der Waals surface area contributed by atoms with Gasteiger partial charge < -0.3 is 20.1 Å². The third-order valence-electron chi connectivity index (χ3n) is 3.42. The molecule has 1 aliphatic heterocycles. The van der Waals surface area contributed by atoms with Crippen LogP contribution in [-0.4, -0.2) is 18.3 Å². The van der Waals surface area contributed by atoms with Crippen molar-refractivity contribution in [3.05, 3.63) is 48.0 Å². The van der Waals surface area contributed by atoms with Crippen LogP contribution in [-0.2, 0) is 6.42 Å². The molecular formula is C17H18N2O2S. The molecular weight excluding hydrogens is 296 g/mol. The first kappa shape index (κ1) is 14.7. The van der Waals surface area contributed by atoms with Crippen molar-refractivity contribution in [2.45, 2.75) is 13.3 Å². The molecule has 0 saturated carbocycles. The minimum Gasteiger partial charge on any atom is -0.486 e. The van der Waals surface area contributed by atoms with Crippen molar-refractivity contribution in [2.75, 3.05) is 23.8 Å². The molecule has 0 aromatic heterocycles. The predicted molar refractivity (Wildman–Crippen MR) is 93.1 cm³/mol. The van der Waals surface area contributed by atoms with E-state index in [4.69, 9.17) is 21.7 Å². The van der Waals surface area contributed by atoms with E-state index in [2.05, 4.69) is 29.7 Å². The summed E-state index contributed by atoms with van der Waals surface area (Å²) in [6, 6.07) is 13.9. The van der Waals surface area contributed by atoms with Gasteiger partial charge in [-0.1, -0.05) is 19.1 Å². The van der Waals surface area contributed by atoms with Crippen LogP contribution in [0.4, 0.5) is 11.4 Å². The number of rotatable bonds is 3. The lowest BCUT2D eigenvalue weighted by Crippen LogP contribution is -2.20. The highest BCUT2D eigenvalue weighted by Gasteiger charge is 2.12. The van der Waals surface area contributed by atoms with E-state index < -0.39 is 0 Å². The largest absolute Gasteiger partial charge is 0.486 e. The molecule has 0 spiro atoms. The van der Waals surface area contributed by atoms with Crippen molar-refractivity contribution >= 4 is 28.7 Å². The Kier molecular flexibility index (Phi) is 4.44. The van der Waals surface area contributed by atoms with Crippen molar-refractivity contribution in [1.29, 1.82) is 0 Å². The summed E-state index contributed by atoms with van der Waals surface area (Å²) in [7, 11) is 0. The number of anilines is 2. The zero-order chi connectivity index (χ0) is 15.4. The molecule has 114 valence electrons. The van der Waals surface area contributed by atoms with Crippen molar-refractivity contribution in [1.82, 2.24) is 0 Å². The maximum absolute atomic E-state index is 5.56. The van der Waals surface area contributed by atoms with Gasteiger partial charge in [-0.25, -0.2) is 0 Å². The molecule has 1 heterocycles. The number of aryl methyl sites for hydroxylation is 1. The second kappa shape index (κ2) is 6.66. The van der Waals surface area contributed by atoms with Crippen LogP contribution >= 0.6 is 12.2 Å². The second-order valence-electron chi connectivity index (χ2n) is 4.99. The summed E-state index contributed by atoms with van der Waals surface area (Å²) in [6.45, 7) is 3.30. The molecule has 0 amide bonds. The van der Waals surface area contributed by atoms with Gasteiger partial charge in [-0.2, -0.15) is 0 Å². The molecule has 4 nitrogen and oxygen atoms in total. The Bertz CT molecular complexity index is 671. The number of benzene rings is 2. The van der Waals surface area contributed by atoms with E-state index in [-0.39, 0.29) is 0 Å². The van der Waals surface area contributed by atoms with Gasteiger partial charge in [-0.05, 0) is 48.5 Å². The lowest BCUT2D eigenvalue weighted by molar-refractivity contribution is 0.171.